The molecule has 1 N–H and O–H groups in total. The predicted molar refractivity (Wildman–Crippen MR) is 136 cm³/mol. The van der Waals surface area contributed by atoms with Crippen molar-refractivity contribution < 1.29 is 4.74 Å². The number of aromatic amines is 1. The Balaban J connectivity index is 1.61. The van der Waals surface area contributed by atoms with Gasteiger partial charge in [-0.25, -0.2) is 4.68 Å². The Hall–Kier alpha value is -3.52. The first-order valence-electron chi connectivity index (χ1n) is 12.2. The number of methoxy groups -OCH3 is 1. The Bertz CT molecular complexity index is 1390. The molecule has 1 fully saturated rings. The number of hydrogen-bond donors (Lipinski definition) is 1. The lowest BCUT2D eigenvalue weighted by molar-refractivity contribution is 0.141. The number of rotatable bonds is 6. The largest absolute Gasteiger partial charge is 0.497 e. The molecule has 2 atom stereocenters. The Morgan fingerprint density at radius 1 is 1.17 bits per heavy atom. The summed E-state index contributed by atoms with van der Waals surface area (Å²) in [7, 11) is 1.66. The highest BCUT2D eigenvalue weighted by Gasteiger charge is 2.33. The molecule has 1 aliphatic rings. The van der Waals surface area contributed by atoms with Crippen LogP contribution >= 0.6 is 0 Å². The van der Waals surface area contributed by atoms with E-state index >= 15 is 0 Å². The molecule has 2 aromatic carbocycles. The number of ether oxygens (including phenoxy) is 1. The normalized spacial score (nSPS) is 17.5. The lowest BCUT2D eigenvalue weighted by atomic mass is 9.95. The first kappa shape index (κ1) is 23.2. The van der Waals surface area contributed by atoms with Crippen LogP contribution in [0.15, 0.2) is 47.3 Å². The van der Waals surface area contributed by atoms with Gasteiger partial charge in [-0.1, -0.05) is 25.1 Å². The van der Waals surface area contributed by atoms with Crippen molar-refractivity contribution in [2.24, 2.45) is 5.92 Å². The number of tetrazole rings is 1. The van der Waals surface area contributed by atoms with Gasteiger partial charge in [-0.15, -0.1) is 5.10 Å². The molecule has 5 rings (SSSR count). The molecule has 0 spiro atoms. The number of hydrogen-bond acceptors (Lipinski definition) is 6. The number of piperidine rings is 1. The first-order chi connectivity index (χ1) is 16.9. The summed E-state index contributed by atoms with van der Waals surface area (Å²) < 4.78 is 7.10. The molecule has 0 aliphatic carbocycles. The highest BCUT2D eigenvalue weighted by Crippen LogP contribution is 2.32. The van der Waals surface area contributed by atoms with Crippen LogP contribution in [0.2, 0.25) is 0 Å². The third kappa shape index (κ3) is 4.71. The molecular weight excluding hydrogens is 440 g/mol. The summed E-state index contributed by atoms with van der Waals surface area (Å²) in [6, 6.07) is 13.8. The zero-order chi connectivity index (χ0) is 24.5. The van der Waals surface area contributed by atoms with Crippen LogP contribution in [-0.2, 0) is 6.54 Å². The summed E-state index contributed by atoms with van der Waals surface area (Å²) in [5, 5.41) is 13.9. The van der Waals surface area contributed by atoms with Crippen molar-refractivity contribution in [3.8, 4) is 5.75 Å². The number of H-pyrrole nitrogens is 1. The van der Waals surface area contributed by atoms with E-state index in [4.69, 9.17) is 4.74 Å². The predicted octanol–water partition coefficient (Wildman–Crippen LogP) is 4.01. The molecular formula is C27H32N6O2. The van der Waals surface area contributed by atoms with E-state index in [1.807, 2.05) is 48.0 Å². The van der Waals surface area contributed by atoms with Gasteiger partial charge in [-0.3, -0.25) is 9.69 Å². The van der Waals surface area contributed by atoms with E-state index in [1.165, 1.54) is 6.42 Å². The molecule has 182 valence electrons. The third-order valence-corrected chi connectivity index (χ3v) is 6.99. The van der Waals surface area contributed by atoms with Gasteiger partial charge in [0.25, 0.3) is 5.56 Å². The number of pyridine rings is 1. The van der Waals surface area contributed by atoms with Crippen molar-refractivity contribution in [2.45, 2.75) is 46.2 Å². The Morgan fingerprint density at radius 3 is 2.71 bits per heavy atom. The molecule has 0 amide bonds. The van der Waals surface area contributed by atoms with Gasteiger partial charge in [0.1, 0.15) is 11.8 Å². The summed E-state index contributed by atoms with van der Waals surface area (Å²) >= 11 is 0. The first-order valence-corrected chi connectivity index (χ1v) is 12.2. The standard InChI is InChI=1S/C27H32N6O2/c1-17-6-5-11-32(15-17)25(23-14-22-19(3)12-18(2)13-24(22)28-27(23)34)26-29-30-31-33(26)16-20-7-9-21(35-4)10-8-20/h7-10,12-14,17,25H,5-6,11,15-16H2,1-4H3,(H,28,34)/t17-,25-/m0/s1. The topological polar surface area (TPSA) is 88.9 Å². The number of nitrogens with one attached hydrogen (secondary N) is 1. The molecule has 1 saturated heterocycles. The summed E-state index contributed by atoms with van der Waals surface area (Å²) in [6.07, 6.45) is 2.27. The van der Waals surface area contributed by atoms with E-state index in [2.05, 4.69) is 45.3 Å². The number of fused-ring (bicyclic) bond motifs is 1. The van der Waals surface area contributed by atoms with Crippen LogP contribution in [0.1, 0.15) is 53.9 Å². The molecule has 35 heavy (non-hydrogen) atoms. The number of likely N-dealkylation sites (tertiary alicyclic amines) is 1. The minimum Gasteiger partial charge on any atom is -0.497 e. The molecule has 0 radical (unpaired) electrons. The summed E-state index contributed by atoms with van der Waals surface area (Å²) in [5.74, 6) is 2.03. The average Bonchev–Trinajstić information content (AvgIpc) is 3.28. The third-order valence-electron chi connectivity index (χ3n) is 6.99. The Morgan fingerprint density at radius 2 is 1.97 bits per heavy atom. The summed E-state index contributed by atoms with van der Waals surface area (Å²) in [5.41, 5.74) is 4.78. The monoisotopic (exact) mass is 472 g/mol. The van der Waals surface area contributed by atoms with Crippen molar-refractivity contribution in [1.29, 1.82) is 0 Å². The van der Waals surface area contributed by atoms with Gasteiger partial charge < -0.3 is 9.72 Å². The quantitative estimate of drug-likeness (QED) is 0.456. The van der Waals surface area contributed by atoms with Gasteiger partial charge in [-0.2, -0.15) is 0 Å². The number of aryl methyl sites for hydroxylation is 2. The van der Waals surface area contributed by atoms with Gasteiger partial charge >= 0.3 is 0 Å². The smallest absolute Gasteiger partial charge is 0.253 e. The lowest BCUT2D eigenvalue weighted by Crippen LogP contribution is -2.41. The molecule has 3 heterocycles. The number of aromatic nitrogens is 5. The van der Waals surface area contributed by atoms with E-state index in [1.54, 1.807) is 7.11 Å². The fourth-order valence-electron chi connectivity index (χ4n) is 5.28. The van der Waals surface area contributed by atoms with Crippen LogP contribution in [-0.4, -0.2) is 50.3 Å². The second-order valence-corrected chi connectivity index (χ2v) is 9.78. The second kappa shape index (κ2) is 9.62. The SMILES string of the molecule is COc1ccc(Cn2nnnc2[C@H](c2cc3c(C)cc(C)cc3[nH]c2=O)N2CCC[C@H](C)C2)cc1. The molecule has 0 bridgehead atoms. The molecule has 8 heteroatoms. The second-order valence-electron chi connectivity index (χ2n) is 9.78. The summed E-state index contributed by atoms with van der Waals surface area (Å²) in [6.45, 7) is 8.70. The highest BCUT2D eigenvalue weighted by molar-refractivity contribution is 5.83. The van der Waals surface area contributed by atoms with Gasteiger partial charge in [0.2, 0.25) is 0 Å². The van der Waals surface area contributed by atoms with E-state index in [9.17, 15) is 4.79 Å². The molecule has 0 saturated carbocycles. The fourth-order valence-corrected chi connectivity index (χ4v) is 5.28. The van der Waals surface area contributed by atoms with Crippen LogP contribution in [0, 0.1) is 19.8 Å². The maximum absolute atomic E-state index is 13.5. The maximum Gasteiger partial charge on any atom is 0.253 e. The number of benzene rings is 2. The van der Waals surface area contributed by atoms with Crippen LogP contribution in [0.5, 0.6) is 5.75 Å². The molecule has 0 unspecified atom stereocenters. The highest BCUT2D eigenvalue weighted by atomic mass is 16.5. The van der Waals surface area contributed by atoms with Crippen LogP contribution in [0.25, 0.3) is 10.9 Å². The zero-order valence-corrected chi connectivity index (χ0v) is 20.8. The number of nitrogens with zero attached hydrogens (tertiary/aromatic N) is 5. The van der Waals surface area contributed by atoms with Crippen molar-refractivity contribution >= 4 is 10.9 Å². The van der Waals surface area contributed by atoms with E-state index in [-0.39, 0.29) is 11.6 Å². The van der Waals surface area contributed by atoms with E-state index < -0.39 is 0 Å². The van der Waals surface area contributed by atoms with Crippen LogP contribution in [0.3, 0.4) is 0 Å². The summed E-state index contributed by atoms with van der Waals surface area (Å²) in [4.78, 5) is 19.0. The molecule has 4 aromatic rings. The van der Waals surface area contributed by atoms with E-state index in [0.29, 0.717) is 23.9 Å². The average molecular weight is 473 g/mol. The van der Waals surface area contributed by atoms with Crippen molar-refractivity contribution in [3.63, 3.8) is 0 Å². The lowest BCUT2D eigenvalue weighted by Gasteiger charge is -2.36. The molecule has 8 nitrogen and oxygen atoms in total. The van der Waals surface area contributed by atoms with Crippen molar-refractivity contribution in [1.82, 2.24) is 30.1 Å². The van der Waals surface area contributed by atoms with Gasteiger partial charge in [0.15, 0.2) is 5.82 Å². The van der Waals surface area contributed by atoms with Crippen molar-refractivity contribution in [2.75, 3.05) is 20.2 Å². The molecule has 2 aromatic heterocycles. The van der Waals surface area contributed by atoms with Crippen molar-refractivity contribution in [3.05, 3.63) is 80.9 Å². The van der Waals surface area contributed by atoms with Crippen LogP contribution < -0.4 is 10.3 Å². The zero-order valence-electron chi connectivity index (χ0n) is 20.8. The minimum atomic E-state index is -0.333. The van der Waals surface area contributed by atoms with Gasteiger partial charge in [0, 0.05) is 23.0 Å². The van der Waals surface area contributed by atoms with Gasteiger partial charge in [-0.05, 0) is 90.5 Å². The van der Waals surface area contributed by atoms with Crippen LogP contribution in [0.4, 0.5) is 0 Å². The fraction of sp³-hybridized carbons (Fsp3) is 0.407. The van der Waals surface area contributed by atoms with Gasteiger partial charge in [0.05, 0.1) is 13.7 Å². The minimum absolute atomic E-state index is 0.0928. The Kier molecular flexibility index (Phi) is 6.38. The Labute approximate surface area is 204 Å². The van der Waals surface area contributed by atoms with E-state index in [0.717, 1.165) is 52.9 Å². The molecule has 1 aliphatic heterocycles. The maximum atomic E-state index is 13.5.